The van der Waals surface area contributed by atoms with Crippen molar-refractivity contribution in [2.24, 2.45) is 0 Å². The largest absolute Gasteiger partial charge is 0.477 e. The highest BCUT2D eigenvalue weighted by Crippen LogP contribution is 2.03. The van der Waals surface area contributed by atoms with E-state index < -0.39 is 5.97 Å². The van der Waals surface area contributed by atoms with Crippen LogP contribution in [0.3, 0.4) is 0 Å². The fourth-order valence-electron chi connectivity index (χ4n) is 1.34. The predicted molar refractivity (Wildman–Crippen MR) is 62.3 cm³/mol. The molecule has 0 saturated heterocycles. The Bertz CT molecular complexity index is 367. The number of likely N-dealkylation sites (N-methyl/N-ethyl adjacent to an activating group) is 1. The third kappa shape index (κ3) is 4.36. The molecule has 1 aromatic rings. The molecule has 94 valence electrons. The summed E-state index contributed by atoms with van der Waals surface area (Å²) in [6.07, 6.45) is 1.38. The Hall–Kier alpha value is -1.69. The molecule has 0 bridgehead atoms. The number of nitrogens with zero attached hydrogens (tertiary/aromatic N) is 3. The third-order valence-electron chi connectivity index (χ3n) is 2.39. The van der Waals surface area contributed by atoms with E-state index in [2.05, 4.69) is 28.7 Å². The van der Waals surface area contributed by atoms with Gasteiger partial charge in [0.05, 0.1) is 0 Å². The second kappa shape index (κ2) is 6.80. The van der Waals surface area contributed by atoms with Crippen LogP contribution in [-0.4, -0.2) is 52.2 Å². The van der Waals surface area contributed by atoms with Crippen LogP contribution in [0.2, 0.25) is 0 Å². The maximum absolute atomic E-state index is 10.7. The van der Waals surface area contributed by atoms with Gasteiger partial charge in [0.2, 0.25) is 0 Å². The first-order valence-corrected chi connectivity index (χ1v) is 5.58. The van der Waals surface area contributed by atoms with E-state index in [0.29, 0.717) is 6.61 Å². The number of carboxylic acid groups (broad SMARTS) is 1. The van der Waals surface area contributed by atoms with Crippen molar-refractivity contribution in [3.8, 4) is 6.01 Å². The molecule has 17 heavy (non-hydrogen) atoms. The van der Waals surface area contributed by atoms with E-state index in [1.165, 1.54) is 12.3 Å². The molecular formula is C11H17N3O3. The van der Waals surface area contributed by atoms with Gasteiger partial charge in [0.1, 0.15) is 6.61 Å². The maximum atomic E-state index is 10.7. The van der Waals surface area contributed by atoms with Crippen molar-refractivity contribution in [1.29, 1.82) is 0 Å². The molecule has 1 N–H and O–H groups in total. The molecule has 0 aliphatic heterocycles. The molecule has 1 rings (SSSR count). The van der Waals surface area contributed by atoms with Gasteiger partial charge in [-0.2, -0.15) is 4.98 Å². The quantitative estimate of drug-likeness (QED) is 0.761. The van der Waals surface area contributed by atoms with E-state index in [9.17, 15) is 4.79 Å². The van der Waals surface area contributed by atoms with Gasteiger partial charge in [-0.1, -0.05) is 13.8 Å². The monoisotopic (exact) mass is 239 g/mol. The molecule has 0 saturated carbocycles. The topological polar surface area (TPSA) is 75.5 Å². The summed E-state index contributed by atoms with van der Waals surface area (Å²) in [7, 11) is 0. The van der Waals surface area contributed by atoms with E-state index in [1.807, 2.05) is 0 Å². The van der Waals surface area contributed by atoms with Crippen LogP contribution in [0.25, 0.3) is 0 Å². The summed E-state index contributed by atoms with van der Waals surface area (Å²) in [5.41, 5.74) is -0.0576. The fourth-order valence-corrected chi connectivity index (χ4v) is 1.34. The highest BCUT2D eigenvalue weighted by Gasteiger charge is 2.07. The SMILES string of the molecule is CCN(CC)CCOc1nccc(C(=O)O)n1. The number of carboxylic acids is 1. The van der Waals surface area contributed by atoms with E-state index in [0.717, 1.165) is 19.6 Å². The molecule has 1 aromatic heterocycles. The van der Waals surface area contributed by atoms with Crippen LogP contribution in [0.15, 0.2) is 12.3 Å². The Balaban J connectivity index is 2.46. The van der Waals surface area contributed by atoms with Crippen LogP contribution in [0, 0.1) is 0 Å². The van der Waals surface area contributed by atoms with Gasteiger partial charge in [-0.05, 0) is 19.2 Å². The van der Waals surface area contributed by atoms with Gasteiger partial charge in [0.15, 0.2) is 5.69 Å². The zero-order valence-corrected chi connectivity index (χ0v) is 10.1. The Morgan fingerprint density at radius 3 is 2.76 bits per heavy atom. The molecule has 6 nitrogen and oxygen atoms in total. The first-order chi connectivity index (χ1) is 8.17. The van der Waals surface area contributed by atoms with Gasteiger partial charge in [-0.15, -0.1) is 0 Å². The standard InChI is InChI=1S/C11H17N3O3/c1-3-14(4-2)7-8-17-11-12-6-5-9(13-11)10(15)16/h5-6H,3-4,7-8H2,1-2H3,(H,15,16). The van der Waals surface area contributed by atoms with Crippen LogP contribution in [0.1, 0.15) is 24.3 Å². The summed E-state index contributed by atoms with van der Waals surface area (Å²) in [5, 5.41) is 8.74. The molecule has 0 amide bonds. The predicted octanol–water partition coefficient (Wildman–Crippen LogP) is 0.895. The summed E-state index contributed by atoms with van der Waals surface area (Å²) < 4.78 is 5.30. The van der Waals surface area contributed by atoms with Gasteiger partial charge in [-0.25, -0.2) is 9.78 Å². The van der Waals surface area contributed by atoms with Crippen molar-refractivity contribution in [1.82, 2.24) is 14.9 Å². The number of hydrogen-bond acceptors (Lipinski definition) is 5. The minimum atomic E-state index is -1.08. The molecule has 1 heterocycles. The average Bonchev–Trinajstić information content (AvgIpc) is 2.35. The number of ether oxygens (including phenoxy) is 1. The summed E-state index contributed by atoms with van der Waals surface area (Å²) in [6, 6.07) is 1.44. The van der Waals surface area contributed by atoms with E-state index in [-0.39, 0.29) is 11.7 Å². The van der Waals surface area contributed by atoms with Crippen LogP contribution < -0.4 is 4.74 Å². The lowest BCUT2D eigenvalue weighted by molar-refractivity contribution is 0.0688. The number of aromatic carboxylic acids is 1. The van der Waals surface area contributed by atoms with Crippen molar-refractivity contribution >= 4 is 5.97 Å². The van der Waals surface area contributed by atoms with Crippen molar-refractivity contribution < 1.29 is 14.6 Å². The summed E-state index contributed by atoms with van der Waals surface area (Å²) in [6.45, 7) is 7.28. The van der Waals surface area contributed by atoms with Crippen LogP contribution in [0.5, 0.6) is 6.01 Å². The molecule has 0 radical (unpaired) electrons. The lowest BCUT2D eigenvalue weighted by atomic mass is 10.4. The highest BCUT2D eigenvalue weighted by atomic mass is 16.5. The Labute approximate surface area is 100 Å². The van der Waals surface area contributed by atoms with Gasteiger partial charge >= 0.3 is 12.0 Å². The zero-order chi connectivity index (χ0) is 12.7. The van der Waals surface area contributed by atoms with Crippen LogP contribution in [-0.2, 0) is 0 Å². The maximum Gasteiger partial charge on any atom is 0.354 e. The van der Waals surface area contributed by atoms with Crippen molar-refractivity contribution in [2.45, 2.75) is 13.8 Å². The van der Waals surface area contributed by atoms with E-state index >= 15 is 0 Å². The summed E-state index contributed by atoms with van der Waals surface area (Å²) in [5.74, 6) is -1.08. The lowest BCUT2D eigenvalue weighted by Crippen LogP contribution is -2.28. The average molecular weight is 239 g/mol. The summed E-state index contributed by atoms with van der Waals surface area (Å²) >= 11 is 0. The summed E-state index contributed by atoms with van der Waals surface area (Å²) in [4.78, 5) is 20.5. The molecule has 0 unspecified atom stereocenters. The van der Waals surface area contributed by atoms with Crippen molar-refractivity contribution in [3.05, 3.63) is 18.0 Å². The van der Waals surface area contributed by atoms with Gasteiger partial charge < -0.3 is 14.7 Å². The Morgan fingerprint density at radius 2 is 2.18 bits per heavy atom. The first kappa shape index (κ1) is 13.4. The van der Waals surface area contributed by atoms with E-state index in [4.69, 9.17) is 9.84 Å². The molecule has 6 heteroatoms. The highest BCUT2D eigenvalue weighted by molar-refractivity contribution is 5.85. The minimum absolute atomic E-state index is 0.0576. The molecule has 0 fully saturated rings. The van der Waals surface area contributed by atoms with E-state index in [1.54, 1.807) is 0 Å². The van der Waals surface area contributed by atoms with Crippen molar-refractivity contribution in [2.75, 3.05) is 26.2 Å². The van der Waals surface area contributed by atoms with Crippen molar-refractivity contribution in [3.63, 3.8) is 0 Å². The molecule has 0 aliphatic rings. The fraction of sp³-hybridized carbons (Fsp3) is 0.545. The normalized spacial score (nSPS) is 10.5. The molecule has 0 atom stereocenters. The number of aromatic nitrogens is 2. The Kier molecular flexibility index (Phi) is 5.35. The van der Waals surface area contributed by atoms with Gasteiger partial charge in [0, 0.05) is 12.7 Å². The second-order valence-electron chi connectivity index (χ2n) is 3.40. The Morgan fingerprint density at radius 1 is 1.47 bits per heavy atom. The third-order valence-corrected chi connectivity index (χ3v) is 2.39. The second-order valence-corrected chi connectivity index (χ2v) is 3.40. The van der Waals surface area contributed by atoms with Crippen LogP contribution in [0.4, 0.5) is 0 Å². The molecule has 0 spiro atoms. The number of hydrogen-bond donors (Lipinski definition) is 1. The van der Waals surface area contributed by atoms with Crippen LogP contribution >= 0.6 is 0 Å². The lowest BCUT2D eigenvalue weighted by Gasteiger charge is -2.17. The minimum Gasteiger partial charge on any atom is -0.477 e. The molecule has 0 aromatic carbocycles. The molecule has 0 aliphatic carbocycles. The van der Waals surface area contributed by atoms with Gasteiger partial charge in [-0.3, -0.25) is 0 Å². The molecular weight excluding hydrogens is 222 g/mol. The number of carbonyl (C=O) groups is 1. The smallest absolute Gasteiger partial charge is 0.354 e. The number of rotatable bonds is 7. The first-order valence-electron chi connectivity index (χ1n) is 5.58. The zero-order valence-electron chi connectivity index (χ0n) is 10.1. The van der Waals surface area contributed by atoms with Gasteiger partial charge in [0.25, 0.3) is 0 Å².